The normalized spacial score (nSPS) is 17.7. The fraction of sp³-hybridized carbons (Fsp3) is 0.828. The van der Waals surface area contributed by atoms with Gasteiger partial charge in [-0.1, -0.05) is 48.0 Å². The zero-order chi connectivity index (χ0) is 30.4. The van der Waals surface area contributed by atoms with Crippen molar-refractivity contribution in [3.63, 3.8) is 0 Å². The Labute approximate surface area is 227 Å². The number of aliphatic hydroxyl groups is 1. The summed E-state index contributed by atoms with van der Waals surface area (Å²) < 4.78 is 36.2. The van der Waals surface area contributed by atoms with Gasteiger partial charge in [0.1, 0.15) is 0 Å². The number of allylic oxidation sites excluding steroid dienone is 4. The number of halogens is 3. The average molecular weight is 540 g/mol. The lowest BCUT2D eigenvalue weighted by molar-refractivity contribution is -0.133. The Bertz CT molecular complexity index is 625. The van der Waals surface area contributed by atoms with Crippen LogP contribution in [-0.4, -0.2) is 60.9 Å². The minimum atomic E-state index is -4.23. The topological polar surface area (TPSA) is 64.6 Å². The molecule has 224 valence electrons. The third kappa shape index (κ3) is 23.3. The Kier molecular flexibility index (Phi) is 27.1. The molecule has 8 heteroatoms. The molecule has 0 aliphatic heterocycles. The van der Waals surface area contributed by atoms with Gasteiger partial charge >= 0.3 is 6.18 Å². The van der Waals surface area contributed by atoms with Crippen LogP contribution in [0.5, 0.6) is 0 Å². The lowest BCUT2D eigenvalue weighted by Gasteiger charge is -2.22. The molecule has 1 unspecified atom stereocenters. The van der Waals surface area contributed by atoms with Crippen LogP contribution in [0.1, 0.15) is 109 Å². The Morgan fingerprint density at radius 3 is 1.84 bits per heavy atom. The molecule has 1 aliphatic carbocycles. The summed E-state index contributed by atoms with van der Waals surface area (Å²) in [5.41, 5.74) is 0.0722. The number of hydrogen-bond donors (Lipinski definition) is 3. The number of carbonyl (C=O) groups excluding carboxylic acids is 1. The molecule has 0 aromatic heterocycles. The molecule has 0 saturated heterocycles. The summed E-state index contributed by atoms with van der Waals surface area (Å²) >= 11 is 0. The SMILES string of the molecule is CC.CC.CCC.CCN(C)C(=O)[C@H]1CCC(NCC(C)(C)O)C1.CN/C(C)=C(C)\C=C(/C)C(F)(F)F. The van der Waals surface area contributed by atoms with Crippen molar-refractivity contribution >= 4 is 5.91 Å². The standard InChI is InChI=1S/C13H26N2O2.C9H14F3N.C3H8.2C2H6/c1-5-15(4)12(16)10-6-7-11(8-10)14-9-13(2,3)17;1-6(8(3)13-4)5-7(2)9(10,11)12;1-3-2;2*1-2/h10-11,14,17H,5-9H2,1-4H3;5,13H,1-4H3;3H2,1-2H3;2*1-2H3/b;7-5+,8-6-;;;/t10-,11?;;;;/m0..../s1. The van der Waals surface area contributed by atoms with E-state index in [1.54, 1.807) is 39.6 Å². The van der Waals surface area contributed by atoms with Gasteiger partial charge < -0.3 is 20.6 Å². The van der Waals surface area contributed by atoms with E-state index in [9.17, 15) is 23.1 Å². The fourth-order valence-electron chi connectivity index (χ4n) is 2.96. The van der Waals surface area contributed by atoms with Crippen LogP contribution in [0.4, 0.5) is 13.2 Å². The van der Waals surface area contributed by atoms with E-state index in [-0.39, 0.29) is 11.8 Å². The predicted octanol–water partition coefficient (Wildman–Crippen LogP) is 7.47. The monoisotopic (exact) mass is 539 g/mol. The molecule has 0 heterocycles. The number of carbonyl (C=O) groups is 1. The summed E-state index contributed by atoms with van der Waals surface area (Å²) in [4.78, 5) is 13.8. The van der Waals surface area contributed by atoms with Gasteiger partial charge in [-0.05, 0) is 72.5 Å². The van der Waals surface area contributed by atoms with Crippen molar-refractivity contribution in [3.8, 4) is 0 Å². The number of rotatable bonds is 7. The molecule has 1 aliphatic rings. The van der Waals surface area contributed by atoms with Crippen LogP contribution in [0.2, 0.25) is 0 Å². The summed E-state index contributed by atoms with van der Waals surface area (Å²) in [6.07, 6.45) is 1.05. The highest BCUT2D eigenvalue weighted by Crippen LogP contribution is 2.27. The third-order valence-electron chi connectivity index (χ3n) is 5.30. The first-order valence-corrected chi connectivity index (χ1v) is 13.8. The van der Waals surface area contributed by atoms with E-state index in [4.69, 9.17) is 0 Å². The second-order valence-electron chi connectivity index (χ2n) is 9.34. The van der Waals surface area contributed by atoms with Gasteiger partial charge in [-0.3, -0.25) is 4.79 Å². The van der Waals surface area contributed by atoms with Crippen LogP contribution in [0.25, 0.3) is 0 Å². The Morgan fingerprint density at radius 2 is 1.49 bits per heavy atom. The molecular formula is C29H60F3N3O2. The summed E-state index contributed by atoms with van der Waals surface area (Å²) in [5, 5.41) is 15.8. The molecule has 0 bridgehead atoms. The van der Waals surface area contributed by atoms with Crippen molar-refractivity contribution in [2.75, 3.05) is 27.2 Å². The van der Waals surface area contributed by atoms with E-state index in [1.807, 2.05) is 41.7 Å². The number of alkyl halides is 3. The summed E-state index contributed by atoms with van der Waals surface area (Å²) in [6.45, 7) is 23.6. The highest BCUT2D eigenvalue weighted by molar-refractivity contribution is 5.78. The first-order valence-electron chi connectivity index (χ1n) is 13.8. The molecule has 37 heavy (non-hydrogen) atoms. The molecule has 0 radical (unpaired) electrons. The van der Waals surface area contributed by atoms with Crippen LogP contribution in [-0.2, 0) is 4.79 Å². The highest BCUT2D eigenvalue weighted by Gasteiger charge is 2.32. The second kappa shape index (κ2) is 23.6. The quantitative estimate of drug-likeness (QED) is 0.294. The van der Waals surface area contributed by atoms with Gasteiger partial charge in [0, 0.05) is 50.4 Å². The number of amides is 1. The molecule has 5 nitrogen and oxygen atoms in total. The molecule has 1 saturated carbocycles. The average Bonchev–Trinajstić information content (AvgIpc) is 3.32. The van der Waals surface area contributed by atoms with E-state index in [0.717, 1.165) is 44.5 Å². The van der Waals surface area contributed by atoms with Gasteiger partial charge in [0.25, 0.3) is 0 Å². The van der Waals surface area contributed by atoms with Crippen LogP contribution in [0.15, 0.2) is 22.9 Å². The van der Waals surface area contributed by atoms with E-state index in [2.05, 4.69) is 24.5 Å². The van der Waals surface area contributed by atoms with Crippen molar-refractivity contribution < 1.29 is 23.1 Å². The Balaban J connectivity index is -0.000000242. The molecular weight excluding hydrogens is 479 g/mol. The second-order valence-corrected chi connectivity index (χ2v) is 9.34. The smallest absolute Gasteiger partial charge is 0.391 e. The van der Waals surface area contributed by atoms with E-state index in [1.165, 1.54) is 6.42 Å². The highest BCUT2D eigenvalue weighted by atomic mass is 19.4. The molecule has 0 aromatic rings. The Morgan fingerprint density at radius 1 is 1.03 bits per heavy atom. The van der Waals surface area contributed by atoms with Crippen molar-refractivity contribution in [1.29, 1.82) is 0 Å². The van der Waals surface area contributed by atoms with E-state index < -0.39 is 17.4 Å². The fourth-order valence-corrected chi connectivity index (χ4v) is 2.96. The van der Waals surface area contributed by atoms with Gasteiger partial charge in [0.05, 0.1) is 5.60 Å². The molecule has 1 fully saturated rings. The lowest BCUT2D eigenvalue weighted by atomic mass is 10.1. The van der Waals surface area contributed by atoms with Crippen LogP contribution in [0, 0.1) is 5.92 Å². The summed E-state index contributed by atoms with van der Waals surface area (Å²) in [6, 6.07) is 0.376. The first-order chi connectivity index (χ1) is 17.0. The zero-order valence-corrected chi connectivity index (χ0v) is 26.4. The number of nitrogens with one attached hydrogen (secondary N) is 2. The number of hydrogen-bond acceptors (Lipinski definition) is 4. The van der Waals surface area contributed by atoms with E-state index in [0.29, 0.717) is 18.2 Å². The maximum absolute atomic E-state index is 12.1. The van der Waals surface area contributed by atoms with E-state index >= 15 is 0 Å². The maximum Gasteiger partial charge on any atom is 0.412 e. The van der Waals surface area contributed by atoms with Gasteiger partial charge in [0.2, 0.25) is 5.91 Å². The summed E-state index contributed by atoms with van der Waals surface area (Å²) in [5.74, 6) is 0.430. The van der Waals surface area contributed by atoms with Gasteiger partial charge in [-0.15, -0.1) is 0 Å². The molecule has 1 rings (SSSR count). The Hall–Kier alpha value is -1.54. The lowest BCUT2D eigenvalue weighted by Crippen LogP contribution is -2.40. The maximum atomic E-state index is 12.1. The predicted molar refractivity (Wildman–Crippen MR) is 155 cm³/mol. The largest absolute Gasteiger partial charge is 0.412 e. The minimum absolute atomic E-state index is 0.166. The van der Waals surface area contributed by atoms with Crippen molar-refractivity contribution in [1.82, 2.24) is 15.5 Å². The van der Waals surface area contributed by atoms with Crippen LogP contribution < -0.4 is 10.6 Å². The summed E-state index contributed by atoms with van der Waals surface area (Å²) in [7, 11) is 3.54. The van der Waals surface area contributed by atoms with Crippen molar-refractivity contribution in [2.45, 2.75) is 127 Å². The van der Waals surface area contributed by atoms with Crippen LogP contribution in [0.3, 0.4) is 0 Å². The number of nitrogens with zero attached hydrogens (tertiary/aromatic N) is 1. The van der Waals surface area contributed by atoms with Gasteiger partial charge in [0.15, 0.2) is 0 Å². The molecule has 0 aromatic carbocycles. The minimum Gasteiger partial charge on any atom is -0.391 e. The first kappa shape index (κ1) is 42.5. The molecule has 2 atom stereocenters. The van der Waals surface area contributed by atoms with Gasteiger partial charge in [-0.2, -0.15) is 13.2 Å². The molecule has 0 spiro atoms. The molecule has 1 amide bonds. The van der Waals surface area contributed by atoms with Crippen LogP contribution >= 0.6 is 0 Å². The van der Waals surface area contributed by atoms with Gasteiger partial charge in [-0.25, -0.2) is 0 Å². The van der Waals surface area contributed by atoms with Crippen molar-refractivity contribution in [3.05, 3.63) is 22.9 Å². The zero-order valence-electron chi connectivity index (χ0n) is 26.4. The van der Waals surface area contributed by atoms with Crippen molar-refractivity contribution in [2.24, 2.45) is 5.92 Å². The third-order valence-corrected chi connectivity index (χ3v) is 5.30. The molecule has 3 N–H and O–H groups in total.